The van der Waals surface area contributed by atoms with Crippen molar-refractivity contribution in [2.75, 3.05) is 120 Å². The van der Waals surface area contributed by atoms with E-state index in [4.69, 9.17) is 10.2 Å². The summed E-state index contributed by atoms with van der Waals surface area (Å²) in [6.45, 7) is 0. The maximum absolute atomic E-state index is 12.2. The van der Waals surface area contributed by atoms with Gasteiger partial charge in [-0.3, -0.25) is 9.59 Å². The van der Waals surface area contributed by atoms with Crippen LogP contribution >= 0.6 is 176 Å². The number of carbonyl (C=O) groups is 2. The second-order valence-electron chi connectivity index (χ2n) is 7.92. The number of aliphatic hydroxyl groups excluding tert-OH is 2. The molecular formula is C24H46O6S17. The van der Waals surface area contributed by atoms with Gasteiger partial charge in [0.1, 0.15) is 17.3 Å². The van der Waals surface area contributed by atoms with Crippen LogP contribution in [0.4, 0.5) is 0 Å². The lowest BCUT2D eigenvalue weighted by molar-refractivity contribution is -0.109. The first kappa shape index (κ1) is 52.1. The van der Waals surface area contributed by atoms with Gasteiger partial charge in [-0.05, 0) is 11.2 Å². The number of carbonyl (C=O) groups excluding carboxylic acids is 2. The lowest BCUT2D eigenvalue weighted by atomic mass is 10.9. The van der Waals surface area contributed by atoms with Gasteiger partial charge in [0.2, 0.25) is 0 Å². The minimum Gasteiger partial charge on any atom is -0.616 e. The monoisotopic (exact) mass is 974 g/mol. The predicted molar refractivity (Wildman–Crippen MR) is 252 cm³/mol. The fourth-order valence-corrected chi connectivity index (χ4v) is 22.1. The van der Waals surface area contributed by atoms with Crippen molar-refractivity contribution >= 4 is 209 Å². The molecule has 2 unspecified atom stereocenters. The van der Waals surface area contributed by atoms with Gasteiger partial charge in [-0.25, -0.2) is 0 Å². The fourth-order valence-electron chi connectivity index (χ4n) is 2.32. The highest BCUT2D eigenvalue weighted by Crippen LogP contribution is 2.25. The maximum atomic E-state index is 12.2. The Bertz CT molecular complexity index is 694. The summed E-state index contributed by atoms with van der Waals surface area (Å²) in [7, 11) is 0. The van der Waals surface area contributed by atoms with Gasteiger partial charge in [0.15, 0.2) is 15.3 Å². The summed E-state index contributed by atoms with van der Waals surface area (Å²) in [5.41, 5.74) is 0. The SMILES string of the molecule is O=C(CSCSCSCC[S+]([O-])CSCSCSCSC(=O)CSCSCSCC[S+]([O-])CCSCSCO)SCCSCSCO. The van der Waals surface area contributed by atoms with E-state index in [-0.39, 0.29) is 22.1 Å². The third-order valence-electron chi connectivity index (χ3n) is 4.33. The molecule has 0 aromatic rings. The standard InChI is InChI=1S/C24H46O6S17/c25-11-37-13-31-1-2-44-23(27)9-35-17-40-16-34-5-8-47(30)22-43-20-41-19-42-21-45-24(28)10-36-18-39-15-33-4-7-46(29)6-3-32-14-38-12-26/h25-26H,1-22H2. The lowest BCUT2D eigenvalue weighted by Crippen LogP contribution is -2.14. The second-order valence-corrected chi connectivity index (χ2v) is 30.3. The number of aliphatic hydroxyl groups is 2. The van der Waals surface area contributed by atoms with E-state index in [1.807, 2.05) is 58.8 Å². The molecule has 0 fully saturated rings. The third kappa shape index (κ3) is 43.7. The highest BCUT2D eigenvalue weighted by Gasteiger charge is 2.09. The molecule has 0 radical (unpaired) electrons. The molecule has 0 heterocycles. The molecule has 280 valence electrons. The number of thioether (sulfide) groups is 15. The zero-order valence-corrected chi connectivity index (χ0v) is 39.9. The van der Waals surface area contributed by atoms with Crippen LogP contribution in [0.2, 0.25) is 0 Å². The number of rotatable bonds is 38. The van der Waals surface area contributed by atoms with Crippen LogP contribution in [0.15, 0.2) is 0 Å². The molecule has 2 N–H and O–H groups in total. The molecule has 0 rings (SSSR count). The van der Waals surface area contributed by atoms with Crippen LogP contribution in [0.5, 0.6) is 0 Å². The third-order valence-corrected chi connectivity index (χ3v) is 25.8. The Morgan fingerprint density at radius 1 is 0.426 bits per heavy atom. The van der Waals surface area contributed by atoms with E-state index in [0.29, 0.717) is 16.6 Å². The van der Waals surface area contributed by atoms with Crippen molar-refractivity contribution in [3.63, 3.8) is 0 Å². The van der Waals surface area contributed by atoms with Crippen molar-refractivity contribution < 1.29 is 28.9 Å². The molecule has 0 spiro atoms. The molecule has 0 aliphatic carbocycles. The molecule has 6 nitrogen and oxygen atoms in total. The number of hydrogen-bond donors (Lipinski definition) is 2. The van der Waals surface area contributed by atoms with Crippen molar-refractivity contribution in [3.05, 3.63) is 0 Å². The molecule has 0 aliphatic heterocycles. The average molecular weight is 976 g/mol. The summed E-state index contributed by atoms with van der Waals surface area (Å²) in [5.74, 6) is 8.00. The van der Waals surface area contributed by atoms with E-state index >= 15 is 0 Å². The van der Waals surface area contributed by atoms with Crippen LogP contribution in [0, 0.1) is 0 Å². The fraction of sp³-hybridized carbons (Fsp3) is 0.917. The Hall–Kier alpha value is 5.13. The second kappa shape index (κ2) is 43.9. The van der Waals surface area contributed by atoms with Gasteiger partial charge in [0.25, 0.3) is 0 Å². The van der Waals surface area contributed by atoms with Crippen LogP contribution < -0.4 is 0 Å². The lowest BCUT2D eigenvalue weighted by Gasteiger charge is -2.10. The van der Waals surface area contributed by atoms with Crippen LogP contribution in [-0.2, 0) is 31.9 Å². The molecular weight excluding hydrogens is 929 g/mol. The Labute approximate surface area is 353 Å². The van der Waals surface area contributed by atoms with Crippen molar-refractivity contribution in [2.24, 2.45) is 0 Å². The van der Waals surface area contributed by atoms with E-state index in [1.54, 1.807) is 70.6 Å². The topological polar surface area (TPSA) is 121 Å². The first-order valence-electron chi connectivity index (χ1n) is 13.7. The van der Waals surface area contributed by atoms with Gasteiger partial charge in [-0.2, -0.15) is 11.8 Å². The minimum atomic E-state index is -0.797. The van der Waals surface area contributed by atoms with Crippen molar-refractivity contribution in [1.29, 1.82) is 0 Å². The summed E-state index contributed by atoms with van der Waals surface area (Å²) in [4.78, 5) is 23.9. The maximum Gasteiger partial charge on any atom is 0.199 e. The van der Waals surface area contributed by atoms with E-state index in [9.17, 15) is 18.7 Å². The van der Waals surface area contributed by atoms with Gasteiger partial charge in [-0.1, -0.05) is 46.5 Å². The molecule has 47 heavy (non-hydrogen) atoms. The Morgan fingerprint density at radius 2 is 0.830 bits per heavy atom. The predicted octanol–water partition coefficient (Wildman–Crippen LogP) is 8.01. The van der Waals surface area contributed by atoms with Gasteiger partial charge in [0.05, 0.1) is 23.4 Å². The minimum absolute atomic E-state index is 0.143. The largest absolute Gasteiger partial charge is 0.616 e. The van der Waals surface area contributed by atoms with Crippen molar-refractivity contribution in [3.8, 4) is 0 Å². The zero-order valence-electron chi connectivity index (χ0n) is 26.0. The summed E-state index contributed by atoms with van der Waals surface area (Å²) < 4.78 is 24.2. The van der Waals surface area contributed by atoms with Crippen molar-refractivity contribution in [2.45, 2.75) is 0 Å². The molecule has 0 saturated carbocycles. The van der Waals surface area contributed by atoms with Crippen molar-refractivity contribution in [1.82, 2.24) is 0 Å². The summed E-state index contributed by atoms with van der Waals surface area (Å²) in [5, 5.41) is 26.6. The van der Waals surface area contributed by atoms with Gasteiger partial charge >= 0.3 is 0 Å². The summed E-state index contributed by atoms with van der Waals surface area (Å²) in [6.07, 6.45) is 0. The molecule has 0 aliphatic rings. The molecule has 0 aromatic heterocycles. The molecule has 0 bridgehead atoms. The summed E-state index contributed by atoms with van der Waals surface area (Å²) >= 11 is 23.5. The number of hydrogen-bond acceptors (Lipinski definition) is 21. The van der Waals surface area contributed by atoms with Crippen LogP contribution in [0.1, 0.15) is 0 Å². The Morgan fingerprint density at radius 3 is 1.38 bits per heavy atom. The van der Waals surface area contributed by atoms with Gasteiger partial charge in [-0.15, -0.1) is 129 Å². The van der Waals surface area contributed by atoms with E-state index < -0.39 is 22.4 Å². The first-order chi connectivity index (χ1) is 23.0. The highest BCUT2D eigenvalue weighted by molar-refractivity contribution is 8.30. The highest BCUT2D eigenvalue weighted by atomic mass is 32.3. The van der Waals surface area contributed by atoms with Crippen LogP contribution in [0.25, 0.3) is 0 Å². The van der Waals surface area contributed by atoms with Crippen LogP contribution in [-0.4, -0.2) is 150 Å². The Balaban J connectivity index is 3.34. The quantitative estimate of drug-likeness (QED) is 0.0353. The zero-order chi connectivity index (χ0) is 34.5. The molecule has 0 amide bonds. The van der Waals surface area contributed by atoms with Gasteiger partial charge < -0.3 is 19.3 Å². The van der Waals surface area contributed by atoms with E-state index in [2.05, 4.69) is 0 Å². The normalized spacial score (nSPS) is 12.9. The summed E-state index contributed by atoms with van der Waals surface area (Å²) in [6, 6.07) is 0. The van der Waals surface area contributed by atoms with Gasteiger partial charge in [0, 0.05) is 74.5 Å². The molecule has 0 aromatic carbocycles. The Kier molecular flexibility index (Phi) is 48.6. The first-order valence-corrected chi connectivity index (χ1v) is 33.7. The molecule has 2 atom stereocenters. The molecule has 0 saturated heterocycles. The molecule has 23 heteroatoms. The smallest absolute Gasteiger partial charge is 0.199 e. The van der Waals surface area contributed by atoms with E-state index in [1.165, 1.54) is 47.0 Å². The average Bonchev–Trinajstić information content (AvgIpc) is 3.06. The van der Waals surface area contributed by atoms with Crippen LogP contribution in [0.3, 0.4) is 0 Å². The van der Waals surface area contributed by atoms with E-state index in [0.717, 1.165) is 91.8 Å².